The van der Waals surface area contributed by atoms with Gasteiger partial charge in [0.25, 0.3) is 5.91 Å². The Bertz CT molecular complexity index is 1380. The number of aromatic nitrogens is 3. The zero-order valence-corrected chi connectivity index (χ0v) is 19.5. The van der Waals surface area contributed by atoms with Crippen molar-refractivity contribution in [3.63, 3.8) is 0 Å². The standard InChI is InChI=1S/C23H22F3N5O3S/c1-31-18-5-2-14(20(32)27-12-13-6-8-33-9-7-13)10-17(18)28-21(31)30-22-29-16-4-3-15(11-19(16)35-22)34-23(24,25)26/h2-5,10-11,13H,6-9,12H2,1H3,(H,27,32)(H,28,29,30). The number of fused-ring (bicyclic) bond motifs is 2. The number of alkyl halides is 3. The highest BCUT2D eigenvalue weighted by Crippen LogP contribution is 2.33. The summed E-state index contributed by atoms with van der Waals surface area (Å²) in [5.41, 5.74) is 2.51. The molecule has 5 rings (SSSR count). The number of hydrogen-bond acceptors (Lipinski definition) is 7. The summed E-state index contributed by atoms with van der Waals surface area (Å²) in [6, 6.07) is 9.31. The molecule has 0 bridgehead atoms. The van der Waals surface area contributed by atoms with Crippen molar-refractivity contribution in [2.24, 2.45) is 13.0 Å². The summed E-state index contributed by atoms with van der Waals surface area (Å²) < 4.78 is 49.2. The van der Waals surface area contributed by atoms with Crippen molar-refractivity contribution in [2.75, 3.05) is 25.1 Å². The highest BCUT2D eigenvalue weighted by molar-refractivity contribution is 7.22. The highest BCUT2D eigenvalue weighted by Gasteiger charge is 2.31. The zero-order valence-electron chi connectivity index (χ0n) is 18.7. The number of carbonyl (C=O) groups is 1. The van der Waals surface area contributed by atoms with Gasteiger partial charge < -0.3 is 24.7 Å². The maximum Gasteiger partial charge on any atom is 0.573 e. The van der Waals surface area contributed by atoms with E-state index in [1.807, 2.05) is 17.7 Å². The van der Waals surface area contributed by atoms with Crippen LogP contribution in [0.3, 0.4) is 0 Å². The summed E-state index contributed by atoms with van der Waals surface area (Å²) in [4.78, 5) is 21.6. The summed E-state index contributed by atoms with van der Waals surface area (Å²) >= 11 is 1.18. The van der Waals surface area contributed by atoms with E-state index in [4.69, 9.17) is 4.74 Å². The van der Waals surface area contributed by atoms with Gasteiger partial charge in [0.2, 0.25) is 5.95 Å². The summed E-state index contributed by atoms with van der Waals surface area (Å²) in [6.07, 6.45) is -2.87. The van der Waals surface area contributed by atoms with E-state index < -0.39 is 6.36 Å². The summed E-state index contributed by atoms with van der Waals surface area (Å²) in [7, 11) is 1.82. The maximum absolute atomic E-state index is 12.6. The fourth-order valence-electron chi connectivity index (χ4n) is 3.99. The Morgan fingerprint density at radius 2 is 1.97 bits per heavy atom. The van der Waals surface area contributed by atoms with Gasteiger partial charge in [0.1, 0.15) is 5.75 Å². The van der Waals surface area contributed by atoms with E-state index >= 15 is 0 Å². The van der Waals surface area contributed by atoms with Crippen LogP contribution in [-0.4, -0.2) is 46.6 Å². The van der Waals surface area contributed by atoms with E-state index in [2.05, 4.69) is 25.3 Å². The molecule has 0 aliphatic carbocycles. The molecule has 1 aliphatic rings. The van der Waals surface area contributed by atoms with Gasteiger partial charge in [-0.1, -0.05) is 11.3 Å². The Hall–Kier alpha value is -3.38. The van der Waals surface area contributed by atoms with Crippen LogP contribution in [0.1, 0.15) is 23.2 Å². The zero-order chi connectivity index (χ0) is 24.6. The van der Waals surface area contributed by atoms with Crippen molar-refractivity contribution < 1.29 is 27.4 Å². The third-order valence-electron chi connectivity index (χ3n) is 5.85. The predicted molar refractivity (Wildman–Crippen MR) is 126 cm³/mol. The van der Waals surface area contributed by atoms with E-state index in [1.54, 1.807) is 12.1 Å². The maximum atomic E-state index is 12.6. The van der Waals surface area contributed by atoms with Gasteiger partial charge >= 0.3 is 6.36 Å². The van der Waals surface area contributed by atoms with Crippen molar-refractivity contribution >= 4 is 49.6 Å². The molecule has 1 amide bonds. The second-order valence-corrected chi connectivity index (χ2v) is 9.32. The summed E-state index contributed by atoms with van der Waals surface area (Å²) in [6.45, 7) is 2.07. The number of amides is 1. The van der Waals surface area contributed by atoms with Crippen LogP contribution in [0.4, 0.5) is 24.3 Å². The molecule has 0 radical (unpaired) electrons. The van der Waals surface area contributed by atoms with E-state index in [0.717, 1.165) is 31.6 Å². The Labute approximate surface area is 202 Å². The van der Waals surface area contributed by atoms with Gasteiger partial charge in [-0.3, -0.25) is 4.79 Å². The van der Waals surface area contributed by atoms with Gasteiger partial charge in [0, 0.05) is 38.4 Å². The minimum Gasteiger partial charge on any atom is -0.406 e. The first-order valence-corrected chi connectivity index (χ1v) is 11.8. The molecule has 0 saturated carbocycles. The largest absolute Gasteiger partial charge is 0.573 e. The van der Waals surface area contributed by atoms with Gasteiger partial charge in [-0.2, -0.15) is 0 Å². The lowest BCUT2D eigenvalue weighted by atomic mass is 10.0. The highest BCUT2D eigenvalue weighted by atomic mass is 32.1. The predicted octanol–water partition coefficient (Wildman–Crippen LogP) is 4.98. The number of benzene rings is 2. The molecular weight excluding hydrogens is 483 g/mol. The van der Waals surface area contributed by atoms with Crippen molar-refractivity contribution in [1.29, 1.82) is 0 Å². The van der Waals surface area contributed by atoms with E-state index in [-0.39, 0.29) is 11.7 Å². The molecule has 2 aromatic heterocycles. The van der Waals surface area contributed by atoms with E-state index in [1.165, 1.54) is 29.5 Å². The normalized spacial score (nSPS) is 15.0. The first kappa shape index (κ1) is 23.4. The van der Waals surface area contributed by atoms with Gasteiger partial charge in [-0.05, 0) is 49.1 Å². The number of nitrogens with zero attached hydrogens (tertiary/aromatic N) is 3. The Kier molecular flexibility index (Phi) is 6.24. The third-order valence-corrected chi connectivity index (χ3v) is 6.78. The SMILES string of the molecule is Cn1c(Nc2nc3ccc(OC(F)(F)F)cc3s2)nc2cc(C(=O)NCC3CCOCC3)ccc21. The number of imidazole rings is 1. The third kappa shape index (κ3) is 5.33. The molecule has 0 spiro atoms. The van der Waals surface area contributed by atoms with Crippen molar-refractivity contribution in [3.8, 4) is 5.75 Å². The molecule has 35 heavy (non-hydrogen) atoms. The molecule has 12 heteroatoms. The number of halogens is 3. The molecule has 1 fully saturated rings. The Morgan fingerprint density at radius 1 is 1.17 bits per heavy atom. The number of carbonyl (C=O) groups excluding carboxylic acids is 1. The lowest BCUT2D eigenvalue weighted by molar-refractivity contribution is -0.274. The molecule has 8 nitrogen and oxygen atoms in total. The van der Waals surface area contributed by atoms with Crippen LogP contribution < -0.4 is 15.4 Å². The number of rotatable bonds is 6. The molecule has 4 aromatic rings. The molecule has 2 aromatic carbocycles. The van der Waals surface area contributed by atoms with Crippen molar-refractivity contribution in [1.82, 2.24) is 19.9 Å². The topological polar surface area (TPSA) is 90.3 Å². The smallest absolute Gasteiger partial charge is 0.406 e. The molecule has 0 unspecified atom stereocenters. The summed E-state index contributed by atoms with van der Waals surface area (Å²) in [5.74, 6) is 0.463. The Morgan fingerprint density at radius 3 is 2.74 bits per heavy atom. The van der Waals surface area contributed by atoms with Crippen LogP contribution >= 0.6 is 11.3 Å². The number of aryl methyl sites for hydroxylation is 1. The van der Waals surface area contributed by atoms with E-state index in [9.17, 15) is 18.0 Å². The molecule has 2 N–H and O–H groups in total. The molecule has 0 atom stereocenters. The average molecular weight is 506 g/mol. The van der Waals surface area contributed by atoms with Gasteiger partial charge in [-0.25, -0.2) is 9.97 Å². The first-order valence-electron chi connectivity index (χ1n) is 11.0. The first-order chi connectivity index (χ1) is 16.7. The number of anilines is 2. The van der Waals surface area contributed by atoms with Crippen LogP contribution in [0.2, 0.25) is 0 Å². The number of nitrogens with one attached hydrogen (secondary N) is 2. The minimum absolute atomic E-state index is 0.151. The number of thiazole rings is 1. The van der Waals surface area contributed by atoms with Crippen LogP contribution in [-0.2, 0) is 11.8 Å². The molecule has 1 saturated heterocycles. The lowest BCUT2D eigenvalue weighted by Gasteiger charge is -2.22. The monoisotopic (exact) mass is 505 g/mol. The van der Waals surface area contributed by atoms with Gasteiger partial charge in [-0.15, -0.1) is 13.2 Å². The van der Waals surface area contributed by atoms with Crippen LogP contribution in [0.25, 0.3) is 21.3 Å². The fraction of sp³-hybridized carbons (Fsp3) is 0.348. The second kappa shape index (κ2) is 9.34. The van der Waals surface area contributed by atoms with E-state index in [0.29, 0.717) is 44.8 Å². The van der Waals surface area contributed by atoms with Crippen LogP contribution in [0.5, 0.6) is 5.75 Å². The van der Waals surface area contributed by atoms with Gasteiger partial charge in [0.15, 0.2) is 5.13 Å². The molecular formula is C23H22F3N5O3S. The molecule has 184 valence electrons. The van der Waals surface area contributed by atoms with Crippen molar-refractivity contribution in [2.45, 2.75) is 19.2 Å². The number of hydrogen-bond donors (Lipinski definition) is 2. The molecule has 3 heterocycles. The minimum atomic E-state index is -4.76. The van der Waals surface area contributed by atoms with Crippen molar-refractivity contribution in [3.05, 3.63) is 42.0 Å². The number of ether oxygens (including phenoxy) is 2. The van der Waals surface area contributed by atoms with Crippen LogP contribution in [0.15, 0.2) is 36.4 Å². The summed E-state index contributed by atoms with van der Waals surface area (Å²) in [5, 5.41) is 6.58. The lowest BCUT2D eigenvalue weighted by Crippen LogP contribution is -2.32. The van der Waals surface area contributed by atoms with Gasteiger partial charge in [0.05, 0.1) is 21.3 Å². The fourth-order valence-corrected chi connectivity index (χ4v) is 4.88. The molecule has 1 aliphatic heterocycles. The second-order valence-electron chi connectivity index (χ2n) is 8.29. The average Bonchev–Trinajstić information content (AvgIpc) is 3.36. The van der Waals surface area contributed by atoms with Crippen LogP contribution in [0, 0.1) is 5.92 Å². The Balaban J connectivity index is 1.32. The quantitative estimate of drug-likeness (QED) is 0.384.